The molecule has 0 aliphatic heterocycles. The first-order valence-corrected chi connectivity index (χ1v) is 6.83. The maximum absolute atomic E-state index is 4.63. The Balaban J connectivity index is 2.21. The summed E-state index contributed by atoms with van der Waals surface area (Å²) in [5, 5.41) is 6.27. The van der Waals surface area contributed by atoms with Crippen LogP contribution in [0.3, 0.4) is 0 Å². The minimum Gasteiger partial charge on any atom is -0.269 e. The summed E-state index contributed by atoms with van der Waals surface area (Å²) in [5.74, 6) is 0. The Bertz CT molecular complexity index is 535. The van der Waals surface area contributed by atoms with E-state index < -0.39 is 0 Å². The van der Waals surface area contributed by atoms with Crippen molar-refractivity contribution in [2.24, 2.45) is 0 Å². The van der Waals surface area contributed by atoms with Gasteiger partial charge in [-0.25, -0.2) is 0 Å². The molecule has 96 valence electrons. The fourth-order valence-electron chi connectivity index (χ4n) is 2.02. The number of nitrogens with zero attached hydrogens (tertiary/aromatic N) is 2. The molecule has 0 N–H and O–H groups in total. The van der Waals surface area contributed by atoms with Crippen molar-refractivity contribution in [3.63, 3.8) is 0 Å². The van der Waals surface area contributed by atoms with E-state index >= 15 is 0 Å². The standard InChI is InChI=1S/C15H23BN2/c1-11(2)18-10-13-7-6-12(8-14(13)17-18)9-16-15(3,4)5/h6-8,10-11,16H,9H2,1-5H3. The number of benzene rings is 1. The van der Waals surface area contributed by atoms with Crippen molar-refractivity contribution in [2.75, 3.05) is 0 Å². The van der Waals surface area contributed by atoms with Gasteiger partial charge in [-0.1, -0.05) is 50.1 Å². The Kier molecular flexibility index (Phi) is 3.51. The van der Waals surface area contributed by atoms with E-state index in [9.17, 15) is 0 Å². The molecule has 0 aliphatic carbocycles. The maximum Gasteiger partial charge on any atom is 0.132 e. The summed E-state index contributed by atoms with van der Waals surface area (Å²) in [7, 11) is 1.21. The molecule has 2 nitrogen and oxygen atoms in total. The molecule has 0 spiro atoms. The average molecular weight is 242 g/mol. The molecule has 1 heterocycles. The summed E-state index contributed by atoms with van der Waals surface area (Å²) in [6.45, 7) is 11.2. The highest BCUT2D eigenvalue weighted by Crippen LogP contribution is 2.23. The summed E-state index contributed by atoms with van der Waals surface area (Å²) in [6.07, 6.45) is 3.27. The van der Waals surface area contributed by atoms with Gasteiger partial charge in [-0.05, 0) is 19.9 Å². The van der Waals surface area contributed by atoms with Gasteiger partial charge in [-0.15, -0.1) is 0 Å². The zero-order valence-electron chi connectivity index (χ0n) is 12.2. The molecular formula is C15H23BN2. The van der Waals surface area contributed by atoms with Gasteiger partial charge in [0.05, 0.1) is 5.52 Å². The molecule has 2 aromatic rings. The molecule has 0 saturated heterocycles. The lowest BCUT2D eigenvalue weighted by Gasteiger charge is -2.15. The third-order valence-corrected chi connectivity index (χ3v) is 3.28. The third kappa shape index (κ3) is 3.15. The Morgan fingerprint density at radius 3 is 2.61 bits per heavy atom. The van der Waals surface area contributed by atoms with Crippen LogP contribution in [0.2, 0.25) is 5.31 Å². The number of hydrogen-bond acceptors (Lipinski definition) is 1. The Labute approximate surface area is 111 Å². The largest absolute Gasteiger partial charge is 0.269 e. The monoisotopic (exact) mass is 242 g/mol. The summed E-state index contributed by atoms with van der Waals surface area (Å²) >= 11 is 0. The van der Waals surface area contributed by atoms with Gasteiger partial charge in [0, 0.05) is 17.6 Å². The van der Waals surface area contributed by atoms with E-state index in [1.807, 2.05) is 4.68 Å². The maximum atomic E-state index is 4.63. The molecule has 0 radical (unpaired) electrons. The second-order valence-electron chi connectivity index (χ2n) is 6.66. The fraction of sp³-hybridized carbons (Fsp3) is 0.533. The first-order chi connectivity index (χ1) is 8.35. The fourth-order valence-corrected chi connectivity index (χ4v) is 2.02. The minimum atomic E-state index is 0.395. The van der Waals surface area contributed by atoms with Crippen molar-refractivity contribution in [3.05, 3.63) is 30.0 Å². The second kappa shape index (κ2) is 4.79. The minimum absolute atomic E-state index is 0.395. The molecular weight excluding hydrogens is 219 g/mol. The summed E-state index contributed by atoms with van der Waals surface area (Å²) in [6, 6.07) is 7.09. The van der Waals surface area contributed by atoms with E-state index in [-0.39, 0.29) is 0 Å². The van der Waals surface area contributed by atoms with Crippen molar-refractivity contribution >= 4 is 18.2 Å². The van der Waals surface area contributed by atoms with Crippen LogP contribution in [-0.2, 0) is 6.32 Å². The van der Waals surface area contributed by atoms with Crippen LogP contribution in [0.1, 0.15) is 46.2 Å². The highest BCUT2D eigenvalue weighted by molar-refractivity contribution is 6.39. The van der Waals surface area contributed by atoms with E-state index in [4.69, 9.17) is 0 Å². The molecule has 0 atom stereocenters. The van der Waals surface area contributed by atoms with Crippen LogP contribution in [0.4, 0.5) is 0 Å². The number of fused-ring (bicyclic) bond motifs is 1. The molecule has 0 bridgehead atoms. The molecule has 1 aromatic carbocycles. The quantitative estimate of drug-likeness (QED) is 0.749. The molecule has 0 saturated carbocycles. The third-order valence-electron chi connectivity index (χ3n) is 3.28. The Morgan fingerprint density at radius 2 is 2.00 bits per heavy atom. The molecule has 1 aromatic heterocycles. The van der Waals surface area contributed by atoms with Gasteiger partial charge in [-0.2, -0.15) is 5.10 Å². The van der Waals surface area contributed by atoms with Crippen LogP contribution in [0.5, 0.6) is 0 Å². The van der Waals surface area contributed by atoms with Crippen molar-refractivity contribution < 1.29 is 0 Å². The SMILES string of the molecule is CC(C)n1cc2ccc(CBC(C)(C)C)cc2n1. The van der Waals surface area contributed by atoms with Gasteiger partial charge in [-0.3, -0.25) is 4.68 Å². The lowest BCUT2D eigenvalue weighted by atomic mass is 9.52. The summed E-state index contributed by atoms with van der Waals surface area (Å²) in [5.41, 5.74) is 2.52. The van der Waals surface area contributed by atoms with Crippen LogP contribution in [0.25, 0.3) is 10.9 Å². The van der Waals surface area contributed by atoms with Crippen molar-refractivity contribution in [3.8, 4) is 0 Å². The normalized spacial score (nSPS) is 12.3. The first kappa shape index (κ1) is 13.2. The lowest BCUT2D eigenvalue weighted by molar-refractivity contribution is 0.537. The van der Waals surface area contributed by atoms with Gasteiger partial charge in [0.15, 0.2) is 0 Å². The number of aromatic nitrogens is 2. The van der Waals surface area contributed by atoms with Crippen molar-refractivity contribution in [2.45, 2.75) is 52.3 Å². The summed E-state index contributed by atoms with van der Waals surface area (Å²) in [4.78, 5) is 0. The highest BCUT2D eigenvalue weighted by Gasteiger charge is 2.12. The topological polar surface area (TPSA) is 17.8 Å². The smallest absolute Gasteiger partial charge is 0.132 e. The predicted molar refractivity (Wildman–Crippen MR) is 80.7 cm³/mol. The molecule has 2 rings (SSSR count). The Hall–Kier alpha value is -1.25. The van der Waals surface area contributed by atoms with E-state index in [0.717, 1.165) is 11.8 Å². The lowest BCUT2D eigenvalue weighted by Crippen LogP contribution is -2.11. The van der Waals surface area contributed by atoms with Gasteiger partial charge < -0.3 is 0 Å². The van der Waals surface area contributed by atoms with Crippen LogP contribution in [-0.4, -0.2) is 17.1 Å². The summed E-state index contributed by atoms with van der Waals surface area (Å²) < 4.78 is 2.04. The van der Waals surface area contributed by atoms with Crippen molar-refractivity contribution in [1.29, 1.82) is 0 Å². The van der Waals surface area contributed by atoms with Crippen LogP contribution >= 0.6 is 0 Å². The van der Waals surface area contributed by atoms with Crippen LogP contribution in [0, 0.1) is 0 Å². The molecule has 18 heavy (non-hydrogen) atoms. The zero-order chi connectivity index (χ0) is 13.3. The number of rotatable bonds is 3. The second-order valence-corrected chi connectivity index (χ2v) is 6.66. The van der Waals surface area contributed by atoms with Gasteiger partial charge >= 0.3 is 0 Å². The van der Waals surface area contributed by atoms with Gasteiger partial charge in [0.2, 0.25) is 0 Å². The molecule has 0 fully saturated rings. The van der Waals surface area contributed by atoms with Crippen LogP contribution in [0.15, 0.2) is 24.4 Å². The average Bonchev–Trinajstić information content (AvgIpc) is 2.68. The first-order valence-electron chi connectivity index (χ1n) is 6.83. The predicted octanol–water partition coefficient (Wildman–Crippen LogP) is 3.77. The van der Waals surface area contributed by atoms with Crippen LogP contribution < -0.4 is 0 Å². The van der Waals surface area contributed by atoms with Gasteiger partial charge in [0.25, 0.3) is 0 Å². The van der Waals surface area contributed by atoms with E-state index in [1.54, 1.807) is 0 Å². The van der Waals surface area contributed by atoms with Crippen molar-refractivity contribution in [1.82, 2.24) is 9.78 Å². The Morgan fingerprint density at radius 1 is 1.28 bits per heavy atom. The van der Waals surface area contributed by atoms with E-state index in [0.29, 0.717) is 11.4 Å². The molecule has 0 unspecified atom stereocenters. The van der Waals surface area contributed by atoms with E-state index in [1.165, 1.54) is 18.2 Å². The molecule has 3 heteroatoms. The zero-order valence-corrected chi connectivity index (χ0v) is 12.2. The highest BCUT2D eigenvalue weighted by atomic mass is 15.3. The molecule has 0 amide bonds. The van der Waals surface area contributed by atoms with Gasteiger partial charge in [0.1, 0.15) is 7.28 Å². The molecule has 0 aliphatic rings. The van der Waals surface area contributed by atoms with E-state index in [2.05, 4.69) is 64.1 Å². The number of hydrogen-bond donors (Lipinski definition) is 0.